The van der Waals surface area contributed by atoms with E-state index in [0.29, 0.717) is 10.8 Å². The Bertz CT molecular complexity index is 1150. The van der Waals surface area contributed by atoms with Crippen LogP contribution >= 0.6 is 22.9 Å². The third kappa shape index (κ3) is 3.67. The van der Waals surface area contributed by atoms with Crippen molar-refractivity contribution in [1.82, 2.24) is 19.9 Å². The number of aryl methyl sites for hydroxylation is 1. The van der Waals surface area contributed by atoms with E-state index >= 15 is 0 Å². The van der Waals surface area contributed by atoms with Crippen molar-refractivity contribution < 1.29 is 4.79 Å². The molecule has 0 radical (unpaired) electrons. The molecule has 0 aliphatic rings. The van der Waals surface area contributed by atoms with Gasteiger partial charge in [-0.1, -0.05) is 23.2 Å². The zero-order chi connectivity index (χ0) is 19.7. The number of H-pyrrole nitrogens is 1. The third-order valence-electron chi connectivity index (χ3n) is 4.03. The van der Waals surface area contributed by atoms with Crippen molar-refractivity contribution in [1.29, 1.82) is 0 Å². The number of anilines is 1. The summed E-state index contributed by atoms with van der Waals surface area (Å²) in [5.74, 6) is 1.04. The Hall–Kier alpha value is -3.03. The Kier molecular flexibility index (Phi) is 4.93. The maximum atomic E-state index is 11.3. The Morgan fingerprint density at radius 3 is 2.79 bits per heavy atom. The molecule has 0 bridgehead atoms. The van der Waals surface area contributed by atoms with E-state index in [2.05, 4.69) is 20.3 Å². The number of rotatable bonds is 4. The fourth-order valence-electron chi connectivity index (χ4n) is 2.81. The van der Waals surface area contributed by atoms with Crippen LogP contribution in [0.1, 0.15) is 12.5 Å². The van der Waals surface area contributed by atoms with Crippen LogP contribution in [0.3, 0.4) is 0 Å². The monoisotopic (exact) mass is 409 g/mol. The molecule has 3 aromatic heterocycles. The second-order valence-electron chi connectivity index (χ2n) is 6.23. The molecule has 6 nitrogen and oxygen atoms in total. The zero-order valence-corrected chi connectivity index (χ0v) is 16.7. The van der Waals surface area contributed by atoms with Gasteiger partial charge in [0.2, 0.25) is 5.91 Å². The maximum Gasteiger partial charge on any atom is 0.222 e. The number of aromatic nitrogens is 4. The van der Waals surface area contributed by atoms with Crippen LogP contribution in [0.5, 0.6) is 0 Å². The van der Waals surface area contributed by atoms with Gasteiger partial charge in [-0.05, 0) is 31.2 Å². The SMILES string of the molecule is CC(=O)Nc1cc(-c2nc(-c3cc(C)ccc3Cl)c(-c3ncc[nH]3)s2)ccn1. The van der Waals surface area contributed by atoms with E-state index in [1.807, 2.05) is 31.2 Å². The highest BCUT2D eigenvalue weighted by molar-refractivity contribution is 7.18. The van der Waals surface area contributed by atoms with Gasteiger partial charge in [-0.15, -0.1) is 11.3 Å². The Balaban J connectivity index is 1.87. The number of hydrogen-bond donors (Lipinski definition) is 2. The highest BCUT2D eigenvalue weighted by Gasteiger charge is 2.20. The topological polar surface area (TPSA) is 83.6 Å². The Morgan fingerprint density at radius 1 is 1.18 bits per heavy atom. The molecule has 1 amide bonds. The number of thiazole rings is 1. The molecular weight excluding hydrogens is 394 g/mol. The number of carbonyl (C=O) groups excluding carboxylic acids is 1. The average molecular weight is 410 g/mol. The molecule has 8 heteroatoms. The molecule has 28 heavy (non-hydrogen) atoms. The molecule has 0 aliphatic carbocycles. The number of nitrogens with one attached hydrogen (secondary N) is 2. The first-order valence-electron chi connectivity index (χ1n) is 8.52. The number of pyridine rings is 1. The predicted octanol–water partition coefficient (Wildman–Crippen LogP) is 5.18. The smallest absolute Gasteiger partial charge is 0.222 e. The highest BCUT2D eigenvalue weighted by atomic mass is 35.5. The minimum atomic E-state index is -0.174. The van der Waals surface area contributed by atoms with E-state index in [4.69, 9.17) is 16.6 Å². The molecule has 0 saturated heterocycles. The van der Waals surface area contributed by atoms with Gasteiger partial charge in [-0.3, -0.25) is 4.79 Å². The van der Waals surface area contributed by atoms with Crippen LogP contribution in [-0.2, 0) is 4.79 Å². The molecule has 4 aromatic rings. The molecule has 0 atom stereocenters. The average Bonchev–Trinajstić information content (AvgIpc) is 3.32. The summed E-state index contributed by atoms with van der Waals surface area (Å²) < 4.78 is 0. The predicted molar refractivity (Wildman–Crippen MR) is 112 cm³/mol. The number of aromatic amines is 1. The molecule has 2 N–H and O–H groups in total. The fraction of sp³-hybridized carbons (Fsp3) is 0.100. The quantitative estimate of drug-likeness (QED) is 0.486. The van der Waals surface area contributed by atoms with E-state index in [0.717, 1.165) is 38.1 Å². The minimum absolute atomic E-state index is 0.174. The summed E-state index contributed by atoms with van der Waals surface area (Å²) in [4.78, 5) is 28.8. The first kappa shape index (κ1) is 18.3. The van der Waals surface area contributed by atoms with Crippen molar-refractivity contribution in [2.24, 2.45) is 0 Å². The minimum Gasteiger partial charge on any atom is -0.344 e. The van der Waals surface area contributed by atoms with Crippen molar-refractivity contribution in [3.63, 3.8) is 0 Å². The molecule has 140 valence electrons. The highest BCUT2D eigenvalue weighted by Crippen LogP contribution is 2.41. The number of amides is 1. The van der Waals surface area contributed by atoms with Crippen LogP contribution in [0.2, 0.25) is 5.02 Å². The standard InChI is InChI=1S/C20H16ClN5OS/c1-11-3-4-15(21)14(9-11)17-18(19-23-7-8-24-19)28-20(26-17)13-5-6-22-16(10-13)25-12(2)27/h3-10H,1-2H3,(H,23,24)(H,22,25,27). The zero-order valence-electron chi connectivity index (χ0n) is 15.2. The molecule has 0 unspecified atom stereocenters. The lowest BCUT2D eigenvalue weighted by atomic mass is 10.1. The summed E-state index contributed by atoms with van der Waals surface area (Å²) in [5, 5.41) is 4.11. The Morgan fingerprint density at radius 2 is 2.04 bits per heavy atom. The summed E-state index contributed by atoms with van der Waals surface area (Å²) >= 11 is 7.98. The van der Waals surface area contributed by atoms with Crippen LogP contribution < -0.4 is 5.32 Å². The molecule has 0 spiro atoms. The molecule has 0 saturated carbocycles. The van der Waals surface area contributed by atoms with Crippen LogP contribution in [-0.4, -0.2) is 25.8 Å². The second kappa shape index (κ2) is 7.53. The van der Waals surface area contributed by atoms with Crippen LogP contribution in [0, 0.1) is 6.92 Å². The van der Waals surface area contributed by atoms with E-state index in [-0.39, 0.29) is 5.91 Å². The van der Waals surface area contributed by atoms with Crippen molar-refractivity contribution in [3.8, 4) is 32.5 Å². The van der Waals surface area contributed by atoms with Crippen LogP contribution in [0.15, 0.2) is 48.9 Å². The van der Waals surface area contributed by atoms with Gasteiger partial charge in [-0.25, -0.2) is 15.0 Å². The lowest BCUT2D eigenvalue weighted by Gasteiger charge is -2.05. The van der Waals surface area contributed by atoms with Gasteiger partial charge < -0.3 is 10.3 Å². The van der Waals surface area contributed by atoms with Gasteiger partial charge in [0.05, 0.1) is 15.6 Å². The molecule has 0 fully saturated rings. The number of imidazole rings is 1. The van der Waals surface area contributed by atoms with Crippen molar-refractivity contribution in [3.05, 3.63) is 59.5 Å². The summed E-state index contributed by atoms with van der Waals surface area (Å²) in [6, 6.07) is 9.51. The maximum absolute atomic E-state index is 11.3. The largest absolute Gasteiger partial charge is 0.344 e. The van der Waals surface area contributed by atoms with E-state index in [1.54, 1.807) is 24.7 Å². The summed E-state index contributed by atoms with van der Waals surface area (Å²) in [7, 11) is 0. The number of nitrogens with zero attached hydrogens (tertiary/aromatic N) is 3. The van der Waals surface area contributed by atoms with Gasteiger partial charge in [0.25, 0.3) is 0 Å². The third-order valence-corrected chi connectivity index (χ3v) is 5.47. The van der Waals surface area contributed by atoms with Crippen LogP contribution in [0.25, 0.3) is 32.5 Å². The number of halogens is 1. The summed E-state index contributed by atoms with van der Waals surface area (Å²) in [6.45, 7) is 3.47. The van der Waals surface area contributed by atoms with Crippen LogP contribution in [0.4, 0.5) is 5.82 Å². The number of benzene rings is 1. The van der Waals surface area contributed by atoms with E-state index in [9.17, 15) is 4.79 Å². The van der Waals surface area contributed by atoms with Gasteiger partial charge in [0.1, 0.15) is 16.6 Å². The first-order valence-corrected chi connectivity index (χ1v) is 9.72. The molecule has 1 aromatic carbocycles. The second-order valence-corrected chi connectivity index (χ2v) is 7.64. The fourth-order valence-corrected chi connectivity index (χ4v) is 4.05. The lowest BCUT2D eigenvalue weighted by Crippen LogP contribution is -2.07. The molecular formula is C20H16ClN5OS. The first-order chi connectivity index (χ1) is 13.5. The summed E-state index contributed by atoms with van der Waals surface area (Å²) in [5.41, 5.74) is 3.57. The van der Waals surface area contributed by atoms with Gasteiger partial charge in [0, 0.05) is 36.6 Å². The van der Waals surface area contributed by atoms with E-state index < -0.39 is 0 Å². The normalized spacial score (nSPS) is 10.8. The molecule has 0 aliphatic heterocycles. The molecule has 3 heterocycles. The lowest BCUT2D eigenvalue weighted by molar-refractivity contribution is -0.114. The molecule has 4 rings (SSSR count). The van der Waals surface area contributed by atoms with Crippen molar-refractivity contribution in [2.75, 3.05) is 5.32 Å². The Labute approximate surface area is 170 Å². The number of carbonyl (C=O) groups is 1. The number of hydrogen-bond acceptors (Lipinski definition) is 5. The van der Waals surface area contributed by atoms with E-state index in [1.165, 1.54) is 18.3 Å². The van der Waals surface area contributed by atoms with Crippen molar-refractivity contribution in [2.45, 2.75) is 13.8 Å². The van der Waals surface area contributed by atoms with Gasteiger partial charge in [0.15, 0.2) is 0 Å². The van der Waals surface area contributed by atoms with Gasteiger partial charge >= 0.3 is 0 Å². The summed E-state index contributed by atoms with van der Waals surface area (Å²) in [6.07, 6.45) is 5.13. The van der Waals surface area contributed by atoms with Crippen molar-refractivity contribution >= 4 is 34.7 Å². The van der Waals surface area contributed by atoms with Gasteiger partial charge in [-0.2, -0.15) is 0 Å².